The van der Waals surface area contributed by atoms with Crippen molar-refractivity contribution >= 4 is 0 Å². The zero-order chi connectivity index (χ0) is 5.66. The van der Waals surface area contributed by atoms with Gasteiger partial charge in [-0.25, -0.2) is 0 Å². The van der Waals surface area contributed by atoms with E-state index in [4.69, 9.17) is 0 Å². The molecule has 0 bridgehead atoms. The first kappa shape index (κ1) is 16.9. The maximum absolute atomic E-state index is 2.00. The molecule has 11 heavy (non-hydrogen) atoms. The second-order valence-corrected chi connectivity index (χ2v) is 1.54. The van der Waals surface area contributed by atoms with Crippen LogP contribution in [0.25, 0.3) is 0 Å². The summed E-state index contributed by atoms with van der Waals surface area (Å²) < 4.78 is 0. The van der Waals surface area contributed by atoms with Crippen LogP contribution in [0.15, 0.2) is 48.6 Å². The Labute approximate surface area is 84.7 Å². The largest absolute Gasteiger partial charge is 2.00 e. The predicted octanol–water partition coefficient (Wildman–Crippen LogP) is 3.12. The van der Waals surface area contributed by atoms with Gasteiger partial charge >= 0.3 is 21.1 Å². The topological polar surface area (TPSA) is 0 Å². The van der Waals surface area contributed by atoms with E-state index in [-0.39, 0.29) is 35.9 Å². The van der Waals surface area contributed by atoms with Crippen molar-refractivity contribution < 1.29 is 21.1 Å². The fourth-order valence-corrected chi connectivity index (χ4v) is 0.513. The van der Waals surface area contributed by atoms with Gasteiger partial charge in [-0.15, -0.1) is 0 Å². The predicted molar refractivity (Wildman–Crippen MR) is 49.4 cm³/mol. The fourth-order valence-electron chi connectivity index (χ4n) is 0.513. The molecule has 0 nitrogen and oxygen atoms in total. The molecule has 1 rings (SSSR count). The van der Waals surface area contributed by atoms with E-state index < -0.39 is 0 Å². The average molecular weight is 329 g/mol. The molecular formula is C10H14Pt. The van der Waals surface area contributed by atoms with Crippen molar-refractivity contribution in [1.29, 1.82) is 0 Å². The van der Waals surface area contributed by atoms with E-state index in [1.165, 1.54) is 0 Å². The van der Waals surface area contributed by atoms with E-state index in [0.29, 0.717) is 0 Å². The molecule has 0 N–H and O–H groups in total. The molecule has 1 heteroatoms. The van der Waals surface area contributed by atoms with Crippen LogP contribution in [0, 0.1) is 14.9 Å². The van der Waals surface area contributed by atoms with E-state index in [9.17, 15) is 0 Å². The van der Waals surface area contributed by atoms with Crippen LogP contribution in [-0.2, 0) is 21.1 Å². The van der Waals surface area contributed by atoms with Crippen molar-refractivity contribution in [3.63, 3.8) is 0 Å². The molecule has 0 aromatic heterocycles. The average Bonchev–Trinajstić information content (AvgIpc) is 1.62. The van der Waals surface area contributed by atoms with E-state index >= 15 is 0 Å². The molecule has 0 amide bonds. The second-order valence-electron chi connectivity index (χ2n) is 1.54. The summed E-state index contributed by atoms with van der Waals surface area (Å²) in [6.07, 6.45) is 16.0. The number of allylic oxidation sites excluding steroid dienone is 8. The van der Waals surface area contributed by atoms with Crippen molar-refractivity contribution in [1.82, 2.24) is 0 Å². The molecule has 0 heterocycles. The summed E-state index contributed by atoms with van der Waals surface area (Å²) in [5.41, 5.74) is 0. The second kappa shape index (κ2) is 12.3. The number of hydrogen-bond donors (Lipinski definition) is 0. The molecule has 0 spiro atoms. The number of hydrogen-bond acceptors (Lipinski definition) is 0. The van der Waals surface area contributed by atoms with Gasteiger partial charge in [0.1, 0.15) is 0 Å². The third kappa shape index (κ3) is 9.65. The molecule has 0 aromatic rings. The fraction of sp³-hybridized carbons (Fsp3) is 0. The van der Waals surface area contributed by atoms with E-state index in [0.717, 1.165) is 0 Å². The van der Waals surface area contributed by atoms with Gasteiger partial charge in [0.2, 0.25) is 0 Å². The molecule has 0 fully saturated rings. The first-order valence-electron chi connectivity index (χ1n) is 2.67. The quantitative estimate of drug-likeness (QED) is 0.599. The summed E-state index contributed by atoms with van der Waals surface area (Å²) in [7, 11) is 0. The maximum atomic E-state index is 2.00. The Kier molecular flexibility index (Phi) is 19.0. The standard InChI is InChI=1S/C8H8.2CH3.Pt/c1-2-4-6-8-7-5-3-1;;;/h1-8H;2*1H3;/q;2*-1;+2. The molecule has 1 aliphatic carbocycles. The van der Waals surface area contributed by atoms with E-state index in [1.54, 1.807) is 0 Å². The van der Waals surface area contributed by atoms with Gasteiger partial charge in [-0.2, -0.15) is 0 Å². The summed E-state index contributed by atoms with van der Waals surface area (Å²) in [6.45, 7) is 0. The van der Waals surface area contributed by atoms with Crippen molar-refractivity contribution in [2.24, 2.45) is 0 Å². The molecule has 0 aliphatic heterocycles. The van der Waals surface area contributed by atoms with Crippen LogP contribution < -0.4 is 0 Å². The Balaban J connectivity index is -0.000000213. The Morgan fingerprint density at radius 1 is 0.364 bits per heavy atom. The van der Waals surface area contributed by atoms with Crippen LogP contribution in [-0.4, -0.2) is 0 Å². The van der Waals surface area contributed by atoms with Crippen LogP contribution >= 0.6 is 0 Å². The number of rotatable bonds is 0. The van der Waals surface area contributed by atoms with Gasteiger partial charge in [0.05, 0.1) is 0 Å². The smallest absolute Gasteiger partial charge is 0.358 e. The molecule has 0 unspecified atom stereocenters. The molecule has 0 radical (unpaired) electrons. The van der Waals surface area contributed by atoms with Crippen LogP contribution in [0.4, 0.5) is 0 Å². The monoisotopic (exact) mass is 329 g/mol. The molecule has 64 valence electrons. The van der Waals surface area contributed by atoms with Gasteiger partial charge in [0.25, 0.3) is 0 Å². The van der Waals surface area contributed by atoms with Gasteiger partial charge in [0, 0.05) is 0 Å². The zero-order valence-corrected chi connectivity index (χ0v) is 9.21. The van der Waals surface area contributed by atoms with Crippen LogP contribution in [0.1, 0.15) is 0 Å². The van der Waals surface area contributed by atoms with E-state index in [2.05, 4.69) is 0 Å². The minimum atomic E-state index is 0. The molecule has 0 aromatic carbocycles. The molecular weight excluding hydrogens is 315 g/mol. The maximum Gasteiger partial charge on any atom is 2.00 e. The van der Waals surface area contributed by atoms with Crippen molar-refractivity contribution in [2.45, 2.75) is 0 Å². The summed E-state index contributed by atoms with van der Waals surface area (Å²) in [6, 6.07) is 0. The third-order valence-electron chi connectivity index (χ3n) is 0.889. The summed E-state index contributed by atoms with van der Waals surface area (Å²) >= 11 is 0. The minimum Gasteiger partial charge on any atom is -0.358 e. The van der Waals surface area contributed by atoms with Crippen molar-refractivity contribution in [2.75, 3.05) is 0 Å². The van der Waals surface area contributed by atoms with Gasteiger partial charge in [-0.05, 0) is 0 Å². The van der Waals surface area contributed by atoms with E-state index in [1.807, 2.05) is 48.6 Å². The van der Waals surface area contributed by atoms with Gasteiger partial charge in [-0.1, -0.05) is 48.6 Å². The molecule has 0 atom stereocenters. The SMILES string of the molecule is C1=CC=CC=CC=C1.[CH3-].[CH3-].[Pt+2]. The summed E-state index contributed by atoms with van der Waals surface area (Å²) in [5.74, 6) is 0. The molecule has 0 saturated carbocycles. The van der Waals surface area contributed by atoms with Crippen LogP contribution in [0.2, 0.25) is 0 Å². The van der Waals surface area contributed by atoms with Gasteiger partial charge < -0.3 is 14.9 Å². The Hall–Kier alpha value is -0.352. The van der Waals surface area contributed by atoms with Crippen molar-refractivity contribution in [3.05, 3.63) is 63.5 Å². The normalized spacial score (nSPS) is 11.6. The third-order valence-corrected chi connectivity index (χ3v) is 0.889. The summed E-state index contributed by atoms with van der Waals surface area (Å²) in [5, 5.41) is 0. The first-order chi connectivity index (χ1) is 4.00. The Morgan fingerprint density at radius 3 is 0.545 bits per heavy atom. The van der Waals surface area contributed by atoms with Gasteiger partial charge in [-0.3, -0.25) is 0 Å². The molecule has 0 saturated heterocycles. The molecule has 1 aliphatic rings. The Morgan fingerprint density at radius 2 is 0.455 bits per heavy atom. The minimum absolute atomic E-state index is 0. The Bertz CT molecular complexity index is 106. The van der Waals surface area contributed by atoms with Gasteiger partial charge in [0.15, 0.2) is 0 Å². The first-order valence-corrected chi connectivity index (χ1v) is 2.67. The van der Waals surface area contributed by atoms with Crippen molar-refractivity contribution in [3.8, 4) is 0 Å². The zero-order valence-electron chi connectivity index (χ0n) is 6.94. The van der Waals surface area contributed by atoms with Crippen LogP contribution in [0.3, 0.4) is 0 Å². The van der Waals surface area contributed by atoms with Crippen LogP contribution in [0.5, 0.6) is 0 Å². The summed E-state index contributed by atoms with van der Waals surface area (Å²) in [4.78, 5) is 0.